The van der Waals surface area contributed by atoms with Crippen LogP contribution < -0.4 is 9.64 Å². The van der Waals surface area contributed by atoms with Gasteiger partial charge in [0.25, 0.3) is 5.91 Å². The molecule has 2 aromatic carbocycles. The predicted octanol–water partition coefficient (Wildman–Crippen LogP) is 2.94. The SMILES string of the molecule is COc1ccc(N2CCN(C(=O)c3cc(F)cc(F)c3)CC2)cc1. The van der Waals surface area contributed by atoms with Crippen LogP contribution in [0.2, 0.25) is 0 Å². The fourth-order valence-corrected chi connectivity index (χ4v) is 2.82. The van der Waals surface area contributed by atoms with Crippen molar-refractivity contribution in [2.24, 2.45) is 0 Å². The molecule has 3 rings (SSSR count). The van der Waals surface area contributed by atoms with Gasteiger partial charge in [0.15, 0.2) is 0 Å². The Kier molecular flexibility index (Phi) is 4.64. The number of rotatable bonds is 3. The van der Waals surface area contributed by atoms with Crippen molar-refractivity contribution in [3.05, 3.63) is 59.7 Å². The lowest BCUT2D eigenvalue weighted by atomic mass is 10.1. The largest absolute Gasteiger partial charge is 0.497 e. The summed E-state index contributed by atoms with van der Waals surface area (Å²) in [5.74, 6) is -1.03. The lowest BCUT2D eigenvalue weighted by molar-refractivity contribution is 0.0745. The maximum absolute atomic E-state index is 13.3. The zero-order valence-electron chi connectivity index (χ0n) is 13.3. The van der Waals surface area contributed by atoms with E-state index in [9.17, 15) is 13.6 Å². The van der Waals surface area contributed by atoms with Crippen molar-refractivity contribution < 1.29 is 18.3 Å². The van der Waals surface area contributed by atoms with Crippen LogP contribution in [0.5, 0.6) is 5.75 Å². The number of carbonyl (C=O) groups is 1. The average molecular weight is 332 g/mol. The van der Waals surface area contributed by atoms with Gasteiger partial charge in [0.2, 0.25) is 0 Å². The quantitative estimate of drug-likeness (QED) is 0.866. The first-order chi connectivity index (χ1) is 11.6. The maximum atomic E-state index is 13.3. The molecule has 0 aromatic heterocycles. The summed E-state index contributed by atoms with van der Waals surface area (Å²) in [5, 5.41) is 0. The van der Waals surface area contributed by atoms with Crippen molar-refractivity contribution in [1.82, 2.24) is 4.90 Å². The van der Waals surface area contributed by atoms with Crippen molar-refractivity contribution >= 4 is 11.6 Å². The van der Waals surface area contributed by atoms with Crippen molar-refractivity contribution in [2.45, 2.75) is 0 Å². The van der Waals surface area contributed by atoms with Crippen LogP contribution in [0.4, 0.5) is 14.5 Å². The molecule has 1 saturated heterocycles. The highest BCUT2D eigenvalue weighted by molar-refractivity contribution is 5.94. The third kappa shape index (κ3) is 3.48. The number of methoxy groups -OCH3 is 1. The summed E-state index contributed by atoms with van der Waals surface area (Å²) in [6.07, 6.45) is 0. The second-order valence-electron chi connectivity index (χ2n) is 5.64. The Bertz CT molecular complexity index is 706. The van der Waals surface area contributed by atoms with E-state index >= 15 is 0 Å². The van der Waals surface area contributed by atoms with Gasteiger partial charge in [0.1, 0.15) is 17.4 Å². The molecule has 0 unspecified atom stereocenters. The third-order valence-corrected chi connectivity index (χ3v) is 4.11. The number of ether oxygens (including phenoxy) is 1. The lowest BCUT2D eigenvalue weighted by Crippen LogP contribution is -2.48. The third-order valence-electron chi connectivity index (χ3n) is 4.11. The van der Waals surface area contributed by atoms with Crippen LogP contribution in [0.25, 0.3) is 0 Å². The monoisotopic (exact) mass is 332 g/mol. The van der Waals surface area contributed by atoms with E-state index in [2.05, 4.69) is 4.90 Å². The van der Waals surface area contributed by atoms with E-state index in [0.29, 0.717) is 26.2 Å². The van der Waals surface area contributed by atoms with Crippen molar-refractivity contribution in [1.29, 1.82) is 0 Å². The van der Waals surface area contributed by atoms with Gasteiger partial charge in [-0.25, -0.2) is 8.78 Å². The second-order valence-corrected chi connectivity index (χ2v) is 5.64. The topological polar surface area (TPSA) is 32.8 Å². The molecule has 0 atom stereocenters. The molecule has 0 radical (unpaired) electrons. The number of benzene rings is 2. The summed E-state index contributed by atoms with van der Waals surface area (Å²) in [4.78, 5) is 16.2. The molecule has 2 aromatic rings. The number of halogens is 2. The number of nitrogens with zero attached hydrogens (tertiary/aromatic N) is 2. The Morgan fingerprint density at radius 2 is 1.54 bits per heavy atom. The Morgan fingerprint density at radius 3 is 2.08 bits per heavy atom. The van der Waals surface area contributed by atoms with E-state index in [0.717, 1.165) is 29.6 Å². The van der Waals surface area contributed by atoms with Gasteiger partial charge >= 0.3 is 0 Å². The molecule has 1 aliphatic rings. The van der Waals surface area contributed by atoms with Crippen molar-refractivity contribution in [3.8, 4) is 5.75 Å². The van der Waals surface area contributed by atoms with Gasteiger partial charge < -0.3 is 14.5 Å². The van der Waals surface area contributed by atoms with Crippen molar-refractivity contribution in [2.75, 3.05) is 38.2 Å². The van der Waals surface area contributed by atoms with Gasteiger partial charge in [-0.15, -0.1) is 0 Å². The summed E-state index contributed by atoms with van der Waals surface area (Å²) >= 11 is 0. The average Bonchev–Trinajstić information content (AvgIpc) is 2.60. The highest BCUT2D eigenvalue weighted by Gasteiger charge is 2.23. The van der Waals surface area contributed by atoms with E-state index in [1.807, 2.05) is 24.3 Å². The molecule has 4 nitrogen and oxygen atoms in total. The molecule has 0 aliphatic carbocycles. The molecule has 0 bridgehead atoms. The van der Waals surface area contributed by atoms with E-state index < -0.39 is 11.6 Å². The number of hydrogen-bond donors (Lipinski definition) is 0. The maximum Gasteiger partial charge on any atom is 0.254 e. The fraction of sp³-hybridized carbons (Fsp3) is 0.278. The number of anilines is 1. The minimum absolute atomic E-state index is 0.0467. The summed E-state index contributed by atoms with van der Waals surface area (Å²) < 4.78 is 31.7. The molecule has 0 saturated carbocycles. The molecule has 0 N–H and O–H groups in total. The van der Waals surface area contributed by atoms with Gasteiger partial charge in [-0.3, -0.25) is 4.79 Å². The first-order valence-corrected chi connectivity index (χ1v) is 7.71. The smallest absolute Gasteiger partial charge is 0.254 e. The van der Waals surface area contributed by atoms with Crippen LogP contribution in [0, 0.1) is 11.6 Å². The molecule has 1 amide bonds. The minimum atomic E-state index is -0.741. The summed E-state index contributed by atoms with van der Waals surface area (Å²) in [6.45, 7) is 2.33. The van der Waals surface area contributed by atoms with Gasteiger partial charge in [0.05, 0.1) is 7.11 Å². The highest BCUT2D eigenvalue weighted by Crippen LogP contribution is 2.21. The summed E-state index contributed by atoms with van der Waals surface area (Å²) in [5.41, 5.74) is 1.10. The van der Waals surface area contributed by atoms with E-state index in [4.69, 9.17) is 4.74 Å². The Morgan fingerprint density at radius 1 is 0.958 bits per heavy atom. The predicted molar refractivity (Wildman–Crippen MR) is 87.5 cm³/mol. The van der Waals surface area contributed by atoms with Crippen molar-refractivity contribution in [3.63, 3.8) is 0 Å². The van der Waals surface area contributed by atoms with Crippen LogP contribution in [0.1, 0.15) is 10.4 Å². The van der Waals surface area contributed by atoms with Gasteiger partial charge in [-0.2, -0.15) is 0 Å². The molecule has 126 valence electrons. The number of carbonyl (C=O) groups excluding carboxylic acids is 1. The normalized spacial score (nSPS) is 14.6. The Balaban J connectivity index is 1.64. The number of amides is 1. The number of piperazine rings is 1. The minimum Gasteiger partial charge on any atom is -0.497 e. The lowest BCUT2D eigenvalue weighted by Gasteiger charge is -2.36. The Hall–Kier alpha value is -2.63. The van der Waals surface area contributed by atoms with Crippen LogP contribution in [-0.2, 0) is 0 Å². The molecular formula is C18H18F2N2O2. The zero-order chi connectivity index (χ0) is 17.1. The van der Waals surface area contributed by atoms with Crippen LogP contribution in [0.3, 0.4) is 0 Å². The molecule has 24 heavy (non-hydrogen) atoms. The van der Waals surface area contributed by atoms with Gasteiger partial charge in [0, 0.05) is 43.5 Å². The molecular weight excluding hydrogens is 314 g/mol. The first-order valence-electron chi connectivity index (χ1n) is 7.71. The molecule has 0 spiro atoms. The van der Waals surface area contributed by atoms with Gasteiger partial charge in [-0.1, -0.05) is 0 Å². The standard InChI is InChI=1S/C18H18F2N2O2/c1-24-17-4-2-16(3-5-17)21-6-8-22(9-7-21)18(23)13-10-14(19)12-15(20)11-13/h2-5,10-12H,6-9H2,1H3. The van der Waals surface area contributed by atoms with Crippen LogP contribution >= 0.6 is 0 Å². The van der Waals surface area contributed by atoms with Gasteiger partial charge in [-0.05, 0) is 36.4 Å². The Labute approximate surface area is 139 Å². The van der Waals surface area contributed by atoms with E-state index in [1.165, 1.54) is 0 Å². The van der Waals surface area contributed by atoms with E-state index in [1.54, 1.807) is 12.0 Å². The second kappa shape index (κ2) is 6.86. The summed E-state index contributed by atoms with van der Waals surface area (Å²) in [6, 6.07) is 10.6. The molecule has 1 aliphatic heterocycles. The van der Waals surface area contributed by atoms with E-state index in [-0.39, 0.29) is 11.5 Å². The molecule has 6 heteroatoms. The summed E-state index contributed by atoms with van der Waals surface area (Å²) in [7, 11) is 1.62. The number of hydrogen-bond acceptors (Lipinski definition) is 3. The zero-order valence-corrected chi connectivity index (χ0v) is 13.3. The fourth-order valence-electron chi connectivity index (χ4n) is 2.82. The van der Waals surface area contributed by atoms with Crippen LogP contribution in [-0.4, -0.2) is 44.1 Å². The highest BCUT2D eigenvalue weighted by atomic mass is 19.1. The molecule has 1 heterocycles. The van der Waals surface area contributed by atoms with Crippen LogP contribution in [0.15, 0.2) is 42.5 Å². The molecule has 1 fully saturated rings. The first kappa shape index (κ1) is 16.2.